The van der Waals surface area contributed by atoms with Gasteiger partial charge in [-0.2, -0.15) is 0 Å². The van der Waals surface area contributed by atoms with Crippen molar-refractivity contribution >= 4 is 11.8 Å². The van der Waals surface area contributed by atoms with E-state index in [2.05, 4.69) is 5.32 Å². The number of amides is 2. The lowest BCUT2D eigenvalue weighted by atomic mass is 9.93. The van der Waals surface area contributed by atoms with Crippen LogP contribution in [0.2, 0.25) is 0 Å². The van der Waals surface area contributed by atoms with Crippen molar-refractivity contribution in [3.63, 3.8) is 0 Å². The first kappa shape index (κ1) is 15.5. The third kappa shape index (κ3) is 3.82. The van der Waals surface area contributed by atoms with Crippen molar-refractivity contribution in [3.05, 3.63) is 35.4 Å². The molecule has 21 heavy (non-hydrogen) atoms. The minimum atomic E-state index is -0.466. The Hall–Kier alpha value is -1.88. The molecule has 0 bridgehead atoms. The summed E-state index contributed by atoms with van der Waals surface area (Å²) in [4.78, 5) is 25.7. The van der Waals surface area contributed by atoms with Gasteiger partial charge < -0.3 is 15.3 Å². The van der Waals surface area contributed by atoms with Crippen molar-refractivity contribution in [1.29, 1.82) is 0 Å². The van der Waals surface area contributed by atoms with E-state index in [1.165, 1.54) is 6.92 Å². The Balaban J connectivity index is 2.09. The molecule has 1 aromatic rings. The molecule has 0 radical (unpaired) electrons. The van der Waals surface area contributed by atoms with Gasteiger partial charge in [0.25, 0.3) is 0 Å². The molecule has 2 amide bonds. The predicted molar refractivity (Wildman–Crippen MR) is 79.5 cm³/mol. The molecule has 5 nitrogen and oxygen atoms in total. The summed E-state index contributed by atoms with van der Waals surface area (Å²) in [6, 6.07) is 7.42. The van der Waals surface area contributed by atoms with Crippen LogP contribution in [0, 0.1) is 0 Å². The third-order valence-electron chi connectivity index (χ3n) is 3.82. The zero-order chi connectivity index (χ0) is 15.4. The fourth-order valence-electron chi connectivity index (χ4n) is 2.61. The molecule has 2 rings (SSSR count). The Bertz CT molecular complexity index is 528. The fourth-order valence-corrected chi connectivity index (χ4v) is 2.61. The van der Waals surface area contributed by atoms with Crippen LogP contribution in [-0.4, -0.2) is 40.5 Å². The first-order valence-electron chi connectivity index (χ1n) is 7.29. The maximum Gasteiger partial charge on any atom is 0.243 e. The average Bonchev–Trinajstić information content (AvgIpc) is 2.45. The molecule has 1 aliphatic rings. The van der Waals surface area contributed by atoms with Gasteiger partial charge in [0.15, 0.2) is 0 Å². The predicted octanol–water partition coefficient (Wildman–Crippen LogP) is 0.847. The van der Waals surface area contributed by atoms with Gasteiger partial charge in [-0.1, -0.05) is 24.3 Å². The van der Waals surface area contributed by atoms with Crippen LogP contribution in [-0.2, 0) is 22.6 Å². The van der Waals surface area contributed by atoms with Crippen LogP contribution in [0.15, 0.2) is 24.3 Å². The van der Waals surface area contributed by atoms with Crippen LogP contribution in [0.5, 0.6) is 0 Å². The second kappa shape index (κ2) is 6.72. The highest BCUT2D eigenvalue weighted by Gasteiger charge is 2.32. The second-order valence-electron chi connectivity index (χ2n) is 5.56. The lowest BCUT2D eigenvalue weighted by Gasteiger charge is -2.35. The highest BCUT2D eigenvalue weighted by atomic mass is 16.3. The largest absolute Gasteiger partial charge is 0.393 e. The summed E-state index contributed by atoms with van der Waals surface area (Å²) >= 11 is 0. The lowest BCUT2D eigenvalue weighted by molar-refractivity contribution is -0.140. The highest BCUT2D eigenvalue weighted by Crippen LogP contribution is 2.23. The summed E-state index contributed by atoms with van der Waals surface area (Å²) in [6.07, 6.45) is 0.604. The van der Waals surface area contributed by atoms with Crippen LogP contribution in [0.1, 0.15) is 31.4 Å². The second-order valence-corrected chi connectivity index (χ2v) is 5.56. The van der Waals surface area contributed by atoms with Crippen LogP contribution in [0.3, 0.4) is 0 Å². The summed E-state index contributed by atoms with van der Waals surface area (Å²) in [7, 11) is 0. The van der Waals surface area contributed by atoms with Crippen LogP contribution >= 0.6 is 0 Å². The Morgan fingerprint density at radius 1 is 1.38 bits per heavy atom. The number of hydrogen-bond donors (Lipinski definition) is 2. The molecular weight excluding hydrogens is 268 g/mol. The number of aliphatic hydroxyl groups excluding tert-OH is 1. The zero-order valence-corrected chi connectivity index (χ0v) is 12.5. The van der Waals surface area contributed by atoms with E-state index in [9.17, 15) is 14.7 Å². The summed E-state index contributed by atoms with van der Waals surface area (Å²) in [5.74, 6) is -0.250. The van der Waals surface area contributed by atoms with Gasteiger partial charge in [0, 0.05) is 26.4 Å². The van der Waals surface area contributed by atoms with Crippen molar-refractivity contribution in [3.8, 4) is 0 Å². The van der Waals surface area contributed by atoms with Crippen molar-refractivity contribution in [1.82, 2.24) is 10.2 Å². The van der Waals surface area contributed by atoms with E-state index in [1.54, 1.807) is 11.8 Å². The lowest BCUT2D eigenvalue weighted by Crippen LogP contribution is -2.52. The summed E-state index contributed by atoms with van der Waals surface area (Å²) < 4.78 is 0. The molecule has 1 unspecified atom stereocenters. The van der Waals surface area contributed by atoms with Gasteiger partial charge in [-0.15, -0.1) is 0 Å². The minimum absolute atomic E-state index is 0.0971. The van der Waals surface area contributed by atoms with Crippen LogP contribution in [0.25, 0.3) is 0 Å². The summed E-state index contributed by atoms with van der Waals surface area (Å²) in [5, 5.41) is 12.0. The number of nitrogens with zero attached hydrogens (tertiary/aromatic N) is 1. The van der Waals surface area contributed by atoms with Crippen molar-refractivity contribution < 1.29 is 14.7 Å². The molecule has 0 fully saturated rings. The molecular formula is C16H22N2O3. The molecule has 1 aromatic carbocycles. The van der Waals surface area contributed by atoms with E-state index in [4.69, 9.17) is 0 Å². The van der Waals surface area contributed by atoms with Gasteiger partial charge in [-0.25, -0.2) is 0 Å². The van der Waals surface area contributed by atoms with Crippen molar-refractivity contribution in [2.45, 2.75) is 45.4 Å². The quantitative estimate of drug-likeness (QED) is 0.863. The fraction of sp³-hybridized carbons (Fsp3) is 0.500. The van der Waals surface area contributed by atoms with Gasteiger partial charge in [-0.05, 0) is 24.5 Å². The Kier molecular flexibility index (Phi) is 4.96. The smallest absolute Gasteiger partial charge is 0.243 e. The molecule has 1 aliphatic heterocycles. The van der Waals surface area contributed by atoms with Gasteiger partial charge in [-0.3, -0.25) is 9.59 Å². The van der Waals surface area contributed by atoms with E-state index in [-0.39, 0.29) is 11.8 Å². The number of rotatable bonds is 4. The molecule has 0 aliphatic carbocycles. The monoisotopic (exact) mass is 290 g/mol. The molecule has 0 aromatic heterocycles. The molecule has 2 N–H and O–H groups in total. The molecule has 2 atom stereocenters. The third-order valence-corrected chi connectivity index (χ3v) is 3.82. The zero-order valence-electron chi connectivity index (χ0n) is 12.5. The Morgan fingerprint density at radius 3 is 2.67 bits per heavy atom. The Morgan fingerprint density at radius 2 is 2.05 bits per heavy atom. The average molecular weight is 290 g/mol. The topological polar surface area (TPSA) is 69.6 Å². The van der Waals surface area contributed by atoms with E-state index in [0.29, 0.717) is 25.9 Å². The maximum absolute atomic E-state index is 12.3. The van der Waals surface area contributed by atoms with Gasteiger partial charge in [0.05, 0.1) is 6.10 Å². The summed E-state index contributed by atoms with van der Waals surface area (Å²) in [5.41, 5.74) is 2.21. The molecule has 0 saturated carbocycles. The van der Waals surface area contributed by atoms with Crippen molar-refractivity contribution in [2.75, 3.05) is 6.54 Å². The van der Waals surface area contributed by atoms with E-state index >= 15 is 0 Å². The number of fused-ring (bicyclic) bond motifs is 1. The highest BCUT2D eigenvalue weighted by molar-refractivity contribution is 5.87. The molecule has 114 valence electrons. The van der Waals surface area contributed by atoms with Gasteiger partial charge >= 0.3 is 0 Å². The van der Waals surface area contributed by atoms with Crippen LogP contribution in [0.4, 0.5) is 0 Å². The number of aliphatic hydroxyl groups is 1. The number of benzene rings is 1. The molecule has 0 saturated heterocycles. The normalized spacial score (nSPS) is 18.8. The number of hydrogen-bond acceptors (Lipinski definition) is 3. The first-order chi connectivity index (χ1) is 9.99. The van der Waals surface area contributed by atoms with E-state index in [0.717, 1.165) is 11.1 Å². The van der Waals surface area contributed by atoms with E-state index < -0.39 is 12.1 Å². The molecule has 0 spiro atoms. The van der Waals surface area contributed by atoms with Crippen LogP contribution < -0.4 is 5.32 Å². The molecule has 5 heteroatoms. The van der Waals surface area contributed by atoms with Crippen molar-refractivity contribution in [2.24, 2.45) is 0 Å². The van der Waals surface area contributed by atoms with Gasteiger partial charge in [0.2, 0.25) is 11.8 Å². The standard InChI is InChI=1S/C16H22N2O3/c1-11(19)7-8-17-16(21)15-9-13-5-3-4-6-14(13)10-18(15)12(2)20/h3-6,11,15,19H,7-10H2,1-2H3,(H,17,21)/t11?,15-/m0/s1. The first-order valence-corrected chi connectivity index (χ1v) is 7.29. The Labute approximate surface area is 125 Å². The SMILES string of the molecule is CC(=O)N1Cc2ccccc2C[C@H]1C(=O)NCCC(C)O. The summed E-state index contributed by atoms with van der Waals surface area (Å²) in [6.45, 7) is 4.06. The number of nitrogens with one attached hydrogen (secondary N) is 1. The number of carbonyl (C=O) groups is 2. The van der Waals surface area contributed by atoms with E-state index in [1.807, 2.05) is 24.3 Å². The molecule has 1 heterocycles. The minimum Gasteiger partial charge on any atom is -0.393 e. The maximum atomic E-state index is 12.3. The van der Waals surface area contributed by atoms with Gasteiger partial charge in [0.1, 0.15) is 6.04 Å². The number of carbonyl (C=O) groups excluding carboxylic acids is 2.